The maximum atomic E-state index is 11.4. The van der Waals surface area contributed by atoms with Gasteiger partial charge in [-0.1, -0.05) is 107 Å². The van der Waals surface area contributed by atoms with Crippen LogP contribution in [0.15, 0.2) is 24.3 Å². The smallest absolute Gasteiger partial charge is 0.123 e. The highest BCUT2D eigenvalue weighted by Gasteiger charge is 2.28. The molecule has 0 atom stereocenters. The van der Waals surface area contributed by atoms with Gasteiger partial charge in [0.05, 0.1) is 0 Å². The molecule has 0 saturated heterocycles. The minimum Gasteiger partial charge on any atom is -0.507 e. The van der Waals surface area contributed by atoms with Gasteiger partial charge in [-0.25, -0.2) is 0 Å². The second-order valence-corrected chi connectivity index (χ2v) is 15.1. The molecule has 2 aromatic carbocycles. The fraction of sp³-hybridized carbons (Fsp3) is 0.636. The fourth-order valence-corrected chi connectivity index (χ4v) is 4.50. The molecular weight excluding hydrogens is 442 g/mol. The van der Waals surface area contributed by atoms with E-state index in [4.69, 9.17) is 0 Å². The Morgan fingerprint density at radius 1 is 0.556 bits per heavy atom. The van der Waals surface area contributed by atoms with Crippen molar-refractivity contribution in [1.82, 2.24) is 4.90 Å². The van der Waals surface area contributed by atoms with E-state index in [-0.39, 0.29) is 27.7 Å². The first-order valence-electron chi connectivity index (χ1n) is 13.5. The van der Waals surface area contributed by atoms with Crippen molar-refractivity contribution in [2.75, 3.05) is 0 Å². The van der Waals surface area contributed by atoms with Crippen LogP contribution >= 0.6 is 0 Å². The maximum absolute atomic E-state index is 11.4. The zero-order valence-corrected chi connectivity index (χ0v) is 25.6. The molecule has 0 fully saturated rings. The molecule has 0 spiro atoms. The van der Waals surface area contributed by atoms with Gasteiger partial charge in [0.15, 0.2) is 0 Å². The van der Waals surface area contributed by atoms with Crippen LogP contribution in [0.3, 0.4) is 0 Å². The number of benzene rings is 2. The molecule has 2 N–H and O–H groups in total. The number of rotatable bonds is 5. The topological polar surface area (TPSA) is 43.7 Å². The molecule has 0 radical (unpaired) electrons. The van der Waals surface area contributed by atoms with Gasteiger partial charge in [-0.15, -0.1) is 0 Å². The first kappa shape index (κ1) is 30.2. The average molecular weight is 496 g/mol. The third-order valence-electron chi connectivity index (χ3n) is 7.20. The molecule has 0 saturated carbocycles. The minimum absolute atomic E-state index is 0.0218. The SMILES string of the molecule is CC(C)N(Cc1cc(C(C)(C)C)cc(C(C)(C)C)c1O)Cc1cc(C(C)(C)C)cc(C(C)(C)C)c1O. The Morgan fingerprint density at radius 3 is 1.08 bits per heavy atom. The summed E-state index contributed by atoms with van der Waals surface area (Å²) >= 11 is 0. The van der Waals surface area contributed by atoms with Crippen LogP contribution in [0, 0.1) is 0 Å². The largest absolute Gasteiger partial charge is 0.507 e. The highest BCUT2D eigenvalue weighted by molar-refractivity contribution is 5.50. The molecule has 36 heavy (non-hydrogen) atoms. The summed E-state index contributed by atoms with van der Waals surface area (Å²) in [5, 5.41) is 22.8. The van der Waals surface area contributed by atoms with Crippen molar-refractivity contribution in [3.63, 3.8) is 0 Å². The van der Waals surface area contributed by atoms with Crippen LogP contribution in [0.4, 0.5) is 0 Å². The van der Waals surface area contributed by atoms with Crippen LogP contribution in [-0.2, 0) is 34.7 Å². The third kappa shape index (κ3) is 7.06. The molecule has 0 aliphatic heterocycles. The predicted molar refractivity (Wildman–Crippen MR) is 155 cm³/mol. The van der Waals surface area contributed by atoms with Gasteiger partial charge in [0.25, 0.3) is 0 Å². The molecular formula is C33H53NO2. The summed E-state index contributed by atoms with van der Waals surface area (Å²) in [5.74, 6) is 0.786. The molecule has 0 aliphatic carbocycles. The van der Waals surface area contributed by atoms with E-state index in [9.17, 15) is 10.2 Å². The molecule has 3 heteroatoms. The predicted octanol–water partition coefficient (Wildman–Crippen LogP) is 8.70. The lowest BCUT2D eigenvalue weighted by Gasteiger charge is -2.32. The Labute approximate surface area is 222 Å². The molecule has 0 aromatic heterocycles. The lowest BCUT2D eigenvalue weighted by atomic mass is 9.78. The average Bonchev–Trinajstić information content (AvgIpc) is 2.66. The first-order chi connectivity index (χ1) is 16.0. The molecule has 202 valence electrons. The molecule has 0 amide bonds. The van der Waals surface area contributed by atoms with Crippen LogP contribution in [0.25, 0.3) is 0 Å². The molecule has 0 bridgehead atoms. The Morgan fingerprint density at radius 2 is 0.861 bits per heavy atom. The van der Waals surface area contributed by atoms with Crippen molar-refractivity contribution in [2.45, 2.75) is 138 Å². The summed E-state index contributed by atoms with van der Waals surface area (Å²) in [6.07, 6.45) is 0. The summed E-state index contributed by atoms with van der Waals surface area (Å²) in [6, 6.07) is 8.92. The minimum atomic E-state index is -0.163. The van der Waals surface area contributed by atoms with Crippen LogP contribution < -0.4 is 0 Å². The quantitative estimate of drug-likeness (QED) is 0.436. The van der Waals surface area contributed by atoms with E-state index in [1.807, 2.05) is 0 Å². The Kier molecular flexibility index (Phi) is 8.43. The van der Waals surface area contributed by atoms with E-state index in [1.165, 1.54) is 11.1 Å². The number of hydrogen-bond acceptors (Lipinski definition) is 3. The maximum Gasteiger partial charge on any atom is 0.123 e. The van der Waals surface area contributed by atoms with Gasteiger partial charge in [-0.2, -0.15) is 0 Å². The van der Waals surface area contributed by atoms with Crippen LogP contribution in [-0.4, -0.2) is 21.2 Å². The number of hydrogen-bond donors (Lipinski definition) is 2. The molecule has 2 rings (SSSR count). The zero-order chi connectivity index (χ0) is 28.0. The highest BCUT2D eigenvalue weighted by atomic mass is 16.3. The van der Waals surface area contributed by atoms with Gasteiger partial charge in [0, 0.05) is 30.3 Å². The normalized spacial score (nSPS) is 13.7. The Bertz CT molecular complexity index is 984. The van der Waals surface area contributed by atoms with Crippen molar-refractivity contribution in [1.29, 1.82) is 0 Å². The van der Waals surface area contributed by atoms with Gasteiger partial charge in [0.1, 0.15) is 11.5 Å². The van der Waals surface area contributed by atoms with E-state index in [1.54, 1.807) is 0 Å². The van der Waals surface area contributed by atoms with E-state index in [2.05, 4.69) is 126 Å². The number of aromatic hydroxyl groups is 2. The summed E-state index contributed by atoms with van der Waals surface area (Å²) in [6.45, 7) is 31.9. The summed E-state index contributed by atoms with van der Waals surface area (Å²) in [7, 11) is 0. The number of phenolic OH excluding ortho intramolecular Hbond substituents is 2. The van der Waals surface area contributed by atoms with Gasteiger partial charge in [-0.05, 0) is 57.8 Å². The van der Waals surface area contributed by atoms with E-state index in [0.717, 1.165) is 22.3 Å². The van der Waals surface area contributed by atoms with Crippen LogP contribution in [0.5, 0.6) is 11.5 Å². The standard InChI is InChI=1S/C33H53NO2/c1-21(2)34(19-22-15-24(30(3,4)5)17-26(28(22)35)32(9,10)11)20-23-16-25(31(6,7)8)18-27(29(23)36)33(12,13)14/h15-18,21,35-36H,19-20H2,1-14H3. The lowest BCUT2D eigenvalue weighted by Crippen LogP contribution is -2.31. The number of phenols is 2. The van der Waals surface area contributed by atoms with Crippen molar-refractivity contribution >= 4 is 0 Å². The molecule has 3 nitrogen and oxygen atoms in total. The van der Waals surface area contributed by atoms with E-state index < -0.39 is 0 Å². The molecule has 0 aliphatic rings. The summed E-state index contributed by atoms with van der Waals surface area (Å²) in [4.78, 5) is 2.35. The van der Waals surface area contributed by atoms with Gasteiger partial charge in [-0.3, -0.25) is 4.90 Å². The molecule has 0 unspecified atom stereocenters. The van der Waals surface area contributed by atoms with Gasteiger partial charge in [0.2, 0.25) is 0 Å². The Balaban J connectivity index is 2.64. The Hall–Kier alpha value is -2.00. The number of nitrogens with zero attached hydrogens (tertiary/aromatic N) is 1. The second-order valence-electron chi connectivity index (χ2n) is 15.1. The summed E-state index contributed by atoms with van der Waals surface area (Å²) < 4.78 is 0. The van der Waals surface area contributed by atoms with Crippen LogP contribution in [0.2, 0.25) is 0 Å². The van der Waals surface area contributed by atoms with Crippen LogP contribution in [0.1, 0.15) is 130 Å². The first-order valence-corrected chi connectivity index (χ1v) is 13.5. The second kappa shape index (κ2) is 10.0. The zero-order valence-electron chi connectivity index (χ0n) is 25.6. The lowest BCUT2D eigenvalue weighted by molar-refractivity contribution is 0.198. The fourth-order valence-electron chi connectivity index (χ4n) is 4.50. The van der Waals surface area contributed by atoms with Crippen molar-refractivity contribution in [2.24, 2.45) is 0 Å². The third-order valence-corrected chi connectivity index (χ3v) is 7.20. The molecule has 2 aromatic rings. The van der Waals surface area contributed by atoms with Gasteiger partial charge < -0.3 is 10.2 Å². The monoisotopic (exact) mass is 495 g/mol. The van der Waals surface area contributed by atoms with Crippen molar-refractivity contribution in [3.8, 4) is 11.5 Å². The van der Waals surface area contributed by atoms with E-state index >= 15 is 0 Å². The summed E-state index contributed by atoms with van der Waals surface area (Å²) in [5.41, 5.74) is 5.97. The van der Waals surface area contributed by atoms with Gasteiger partial charge >= 0.3 is 0 Å². The van der Waals surface area contributed by atoms with Crippen molar-refractivity contribution < 1.29 is 10.2 Å². The highest BCUT2D eigenvalue weighted by Crippen LogP contribution is 2.40. The molecule has 0 heterocycles. The van der Waals surface area contributed by atoms with E-state index in [0.29, 0.717) is 24.6 Å². The van der Waals surface area contributed by atoms with Crippen molar-refractivity contribution in [3.05, 3.63) is 57.6 Å².